The lowest BCUT2D eigenvalue weighted by Gasteiger charge is -2.17. The van der Waals surface area contributed by atoms with Gasteiger partial charge in [-0.15, -0.1) is 12.4 Å². The molecule has 144 valence electrons. The second-order valence-electron chi connectivity index (χ2n) is 6.25. The standard InChI is InChI=1S/C20H23N3O3.ClH/c1-4-22(5-2)10-11-26-20(25)15-7-9-18-21-17-8-6-14(3)12-16(17)19(24)23(18)13-15;/h6-9,12-13H,4-5,10-11H2,1-3H3;1H. The molecular weight excluding hydrogens is 366 g/mol. The summed E-state index contributed by atoms with van der Waals surface area (Å²) in [7, 11) is 0. The maximum Gasteiger partial charge on any atom is 0.339 e. The van der Waals surface area contributed by atoms with Crippen molar-refractivity contribution in [3.8, 4) is 0 Å². The summed E-state index contributed by atoms with van der Waals surface area (Å²) >= 11 is 0. The third-order valence-electron chi connectivity index (χ3n) is 4.53. The Bertz CT molecular complexity index is 1010. The van der Waals surface area contributed by atoms with Crippen molar-refractivity contribution in [2.75, 3.05) is 26.2 Å². The summed E-state index contributed by atoms with van der Waals surface area (Å²) in [5.74, 6) is -0.435. The van der Waals surface area contributed by atoms with Crippen LogP contribution in [0, 0.1) is 6.92 Å². The fourth-order valence-corrected chi connectivity index (χ4v) is 2.93. The van der Waals surface area contributed by atoms with E-state index in [4.69, 9.17) is 4.74 Å². The first-order chi connectivity index (χ1) is 12.5. The summed E-state index contributed by atoms with van der Waals surface area (Å²) in [6, 6.07) is 8.88. The highest BCUT2D eigenvalue weighted by molar-refractivity contribution is 5.89. The van der Waals surface area contributed by atoms with Gasteiger partial charge in [0.1, 0.15) is 12.3 Å². The summed E-state index contributed by atoms with van der Waals surface area (Å²) < 4.78 is 6.75. The van der Waals surface area contributed by atoms with Gasteiger partial charge in [0.25, 0.3) is 5.56 Å². The van der Waals surface area contributed by atoms with Crippen molar-refractivity contribution < 1.29 is 9.53 Å². The Hall–Kier alpha value is -2.44. The zero-order chi connectivity index (χ0) is 18.7. The van der Waals surface area contributed by atoms with Crippen molar-refractivity contribution in [1.29, 1.82) is 0 Å². The van der Waals surface area contributed by atoms with Gasteiger partial charge in [0.2, 0.25) is 0 Å². The number of halogens is 1. The lowest BCUT2D eigenvalue weighted by Crippen LogP contribution is -2.28. The average molecular weight is 390 g/mol. The van der Waals surface area contributed by atoms with Gasteiger partial charge in [-0.3, -0.25) is 9.20 Å². The van der Waals surface area contributed by atoms with Crippen LogP contribution in [-0.4, -0.2) is 46.5 Å². The normalized spacial score (nSPS) is 11.0. The zero-order valence-corrected chi connectivity index (χ0v) is 16.6. The molecule has 0 bridgehead atoms. The van der Waals surface area contributed by atoms with Crippen LogP contribution in [0.15, 0.2) is 41.3 Å². The van der Waals surface area contributed by atoms with Gasteiger partial charge in [-0.05, 0) is 44.3 Å². The lowest BCUT2D eigenvalue weighted by molar-refractivity contribution is 0.0466. The number of carbonyl (C=O) groups is 1. The van der Waals surface area contributed by atoms with Gasteiger partial charge in [0.15, 0.2) is 0 Å². The van der Waals surface area contributed by atoms with Gasteiger partial charge in [-0.2, -0.15) is 0 Å². The SMILES string of the molecule is CCN(CC)CCOC(=O)c1ccc2nc3ccc(C)cc3c(=O)n2c1.Cl. The minimum absolute atomic E-state index is 0. The molecule has 0 amide bonds. The molecule has 0 aliphatic rings. The molecule has 2 aromatic heterocycles. The number of aryl methyl sites for hydroxylation is 1. The van der Waals surface area contributed by atoms with E-state index in [1.54, 1.807) is 12.1 Å². The molecule has 0 atom stereocenters. The average Bonchev–Trinajstić information content (AvgIpc) is 2.65. The second-order valence-corrected chi connectivity index (χ2v) is 6.25. The number of fused-ring (bicyclic) bond motifs is 2. The molecule has 6 nitrogen and oxygen atoms in total. The minimum atomic E-state index is -0.435. The molecule has 0 radical (unpaired) electrons. The topological polar surface area (TPSA) is 63.9 Å². The van der Waals surface area contributed by atoms with Gasteiger partial charge >= 0.3 is 5.97 Å². The van der Waals surface area contributed by atoms with E-state index in [1.807, 2.05) is 25.1 Å². The predicted molar refractivity (Wildman–Crippen MR) is 109 cm³/mol. The highest BCUT2D eigenvalue weighted by atomic mass is 35.5. The summed E-state index contributed by atoms with van der Waals surface area (Å²) in [6.45, 7) is 8.91. The van der Waals surface area contributed by atoms with Crippen LogP contribution >= 0.6 is 12.4 Å². The first-order valence-corrected chi connectivity index (χ1v) is 8.85. The van der Waals surface area contributed by atoms with Gasteiger partial charge in [0, 0.05) is 12.7 Å². The van der Waals surface area contributed by atoms with Crippen LogP contribution in [0.1, 0.15) is 29.8 Å². The monoisotopic (exact) mass is 389 g/mol. The van der Waals surface area contributed by atoms with Crippen LogP contribution in [-0.2, 0) is 4.74 Å². The van der Waals surface area contributed by atoms with E-state index in [9.17, 15) is 9.59 Å². The maximum absolute atomic E-state index is 12.8. The van der Waals surface area contributed by atoms with Crippen molar-refractivity contribution in [3.63, 3.8) is 0 Å². The Morgan fingerprint density at radius 3 is 2.63 bits per heavy atom. The highest BCUT2D eigenvalue weighted by Gasteiger charge is 2.12. The Morgan fingerprint density at radius 1 is 1.19 bits per heavy atom. The minimum Gasteiger partial charge on any atom is -0.461 e. The number of rotatable bonds is 6. The molecule has 7 heteroatoms. The number of pyridine rings is 1. The number of hydrogen-bond acceptors (Lipinski definition) is 5. The van der Waals surface area contributed by atoms with Crippen LogP contribution in [0.5, 0.6) is 0 Å². The molecule has 2 heterocycles. The fraction of sp³-hybridized carbons (Fsp3) is 0.350. The number of nitrogens with zero attached hydrogens (tertiary/aromatic N) is 3. The quantitative estimate of drug-likeness (QED) is 0.479. The van der Waals surface area contributed by atoms with Crippen molar-refractivity contribution in [2.24, 2.45) is 0 Å². The number of carbonyl (C=O) groups excluding carboxylic acids is 1. The Morgan fingerprint density at radius 2 is 1.93 bits per heavy atom. The Balaban J connectivity index is 0.00000261. The number of ether oxygens (including phenoxy) is 1. The van der Waals surface area contributed by atoms with Crippen LogP contribution in [0.2, 0.25) is 0 Å². The third kappa shape index (κ3) is 4.46. The Labute approximate surface area is 164 Å². The third-order valence-corrected chi connectivity index (χ3v) is 4.53. The van der Waals surface area contributed by atoms with Crippen LogP contribution < -0.4 is 5.56 Å². The van der Waals surface area contributed by atoms with Crippen molar-refractivity contribution in [2.45, 2.75) is 20.8 Å². The van der Waals surface area contributed by atoms with Crippen molar-refractivity contribution in [3.05, 3.63) is 58.0 Å². The molecular formula is C20H24ClN3O3. The summed E-state index contributed by atoms with van der Waals surface area (Å²) in [4.78, 5) is 31.7. The van der Waals surface area contributed by atoms with Crippen molar-refractivity contribution in [1.82, 2.24) is 14.3 Å². The first kappa shape index (κ1) is 20.9. The van der Waals surface area contributed by atoms with E-state index >= 15 is 0 Å². The molecule has 0 aliphatic carbocycles. The largest absolute Gasteiger partial charge is 0.461 e. The second kappa shape index (κ2) is 8.97. The van der Waals surface area contributed by atoms with E-state index in [0.29, 0.717) is 35.3 Å². The molecule has 3 rings (SSSR count). The van der Waals surface area contributed by atoms with E-state index in [1.165, 1.54) is 10.6 Å². The molecule has 0 spiro atoms. The molecule has 27 heavy (non-hydrogen) atoms. The number of hydrogen-bond donors (Lipinski definition) is 0. The van der Waals surface area contributed by atoms with E-state index in [0.717, 1.165) is 18.7 Å². The molecule has 3 aromatic rings. The number of likely N-dealkylation sites (N-methyl/N-ethyl adjacent to an activating group) is 1. The molecule has 0 saturated heterocycles. The summed E-state index contributed by atoms with van der Waals surface area (Å²) in [6.07, 6.45) is 1.51. The van der Waals surface area contributed by atoms with Gasteiger partial charge in [0.05, 0.1) is 16.5 Å². The van der Waals surface area contributed by atoms with Gasteiger partial charge < -0.3 is 9.64 Å². The summed E-state index contributed by atoms with van der Waals surface area (Å²) in [5, 5.41) is 0.537. The van der Waals surface area contributed by atoms with Gasteiger partial charge in [-0.1, -0.05) is 25.5 Å². The first-order valence-electron chi connectivity index (χ1n) is 8.85. The predicted octanol–water partition coefficient (Wildman–Crippen LogP) is 3.08. The number of aromatic nitrogens is 2. The van der Waals surface area contributed by atoms with E-state index in [-0.39, 0.29) is 18.0 Å². The van der Waals surface area contributed by atoms with Crippen LogP contribution in [0.25, 0.3) is 16.6 Å². The molecule has 1 aromatic carbocycles. The van der Waals surface area contributed by atoms with Crippen LogP contribution in [0.3, 0.4) is 0 Å². The molecule has 0 unspecified atom stereocenters. The lowest BCUT2D eigenvalue weighted by atomic mass is 10.1. The molecule has 0 aliphatic heterocycles. The van der Waals surface area contributed by atoms with Crippen molar-refractivity contribution >= 4 is 34.9 Å². The van der Waals surface area contributed by atoms with E-state index < -0.39 is 5.97 Å². The fourth-order valence-electron chi connectivity index (χ4n) is 2.93. The van der Waals surface area contributed by atoms with Crippen LogP contribution in [0.4, 0.5) is 0 Å². The Kier molecular flexibility index (Phi) is 6.93. The number of esters is 1. The highest BCUT2D eigenvalue weighted by Crippen LogP contribution is 2.12. The number of benzene rings is 1. The van der Waals surface area contributed by atoms with E-state index in [2.05, 4.69) is 23.7 Å². The van der Waals surface area contributed by atoms with Gasteiger partial charge in [-0.25, -0.2) is 9.78 Å². The summed E-state index contributed by atoms with van der Waals surface area (Å²) in [5.41, 5.74) is 2.30. The maximum atomic E-state index is 12.8. The molecule has 0 N–H and O–H groups in total. The zero-order valence-electron chi connectivity index (χ0n) is 15.8. The molecule has 0 fully saturated rings. The smallest absolute Gasteiger partial charge is 0.339 e. The molecule has 0 saturated carbocycles.